The van der Waals surface area contributed by atoms with Crippen LogP contribution in [0.15, 0.2) is 24.3 Å². The maximum atomic E-state index is 5.98. The molecule has 3 N–H and O–H groups in total. The predicted octanol–water partition coefficient (Wildman–Crippen LogP) is 2.55. The summed E-state index contributed by atoms with van der Waals surface area (Å²) in [4.78, 5) is 0. The summed E-state index contributed by atoms with van der Waals surface area (Å²) in [6, 6.07) is 8.07. The highest BCUT2D eigenvalue weighted by Crippen LogP contribution is 2.36. The van der Waals surface area contributed by atoms with Gasteiger partial charge in [-0.1, -0.05) is 12.1 Å². The minimum atomic E-state index is -0.236. The van der Waals surface area contributed by atoms with E-state index in [-0.39, 0.29) is 11.6 Å². The molecule has 0 aliphatic carbocycles. The summed E-state index contributed by atoms with van der Waals surface area (Å²) in [7, 11) is 0. The molecule has 0 amide bonds. The van der Waals surface area contributed by atoms with Gasteiger partial charge in [0.05, 0.1) is 18.2 Å². The number of hydrazine groups is 1. The number of rotatable bonds is 5. The van der Waals surface area contributed by atoms with Crippen molar-refractivity contribution in [3.05, 3.63) is 29.8 Å². The monoisotopic (exact) mass is 264 g/mol. The second-order valence-electron chi connectivity index (χ2n) is 5.22. The first kappa shape index (κ1) is 14.3. The zero-order chi connectivity index (χ0) is 13.7. The summed E-state index contributed by atoms with van der Waals surface area (Å²) in [5.41, 5.74) is 3.81. The zero-order valence-electron chi connectivity index (χ0n) is 11.8. The summed E-state index contributed by atoms with van der Waals surface area (Å²) in [6.45, 7) is 5.60. The van der Waals surface area contributed by atoms with E-state index >= 15 is 0 Å². The maximum absolute atomic E-state index is 5.98. The number of hydrogen-bond donors (Lipinski definition) is 2. The van der Waals surface area contributed by atoms with Crippen molar-refractivity contribution in [2.75, 3.05) is 13.2 Å². The van der Waals surface area contributed by atoms with Crippen molar-refractivity contribution in [2.45, 2.75) is 44.8 Å². The number of nitrogens with two attached hydrogens (primary N) is 1. The molecule has 4 nitrogen and oxygen atoms in total. The van der Waals surface area contributed by atoms with Gasteiger partial charge in [0.1, 0.15) is 5.75 Å². The first-order valence-corrected chi connectivity index (χ1v) is 7.02. The highest BCUT2D eigenvalue weighted by molar-refractivity contribution is 5.30. The third-order valence-corrected chi connectivity index (χ3v) is 3.80. The molecule has 0 spiro atoms. The van der Waals surface area contributed by atoms with E-state index in [0.717, 1.165) is 30.8 Å². The topological polar surface area (TPSA) is 56.5 Å². The Bertz CT molecular complexity index is 386. The van der Waals surface area contributed by atoms with E-state index in [9.17, 15) is 0 Å². The maximum Gasteiger partial charge on any atom is 0.119 e. The Kier molecular flexibility index (Phi) is 4.80. The van der Waals surface area contributed by atoms with Crippen LogP contribution in [-0.2, 0) is 4.74 Å². The Morgan fingerprint density at radius 3 is 2.63 bits per heavy atom. The fourth-order valence-corrected chi connectivity index (χ4v) is 2.73. The number of nitrogens with one attached hydrogen (secondary N) is 1. The molecule has 106 valence electrons. The average Bonchev–Trinajstić information content (AvgIpc) is 2.42. The molecule has 0 bridgehead atoms. The van der Waals surface area contributed by atoms with E-state index in [4.69, 9.17) is 15.3 Å². The Labute approximate surface area is 115 Å². The number of ether oxygens (including phenoxy) is 2. The fraction of sp³-hybridized carbons (Fsp3) is 0.600. The van der Waals surface area contributed by atoms with Crippen LogP contribution in [-0.4, -0.2) is 18.8 Å². The fourth-order valence-electron chi connectivity index (χ4n) is 2.73. The molecule has 19 heavy (non-hydrogen) atoms. The molecule has 0 radical (unpaired) electrons. The molecule has 1 aromatic rings. The zero-order valence-corrected chi connectivity index (χ0v) is 11.8. The van der Waals surface area contributed by atoms with Crippen molar-refractivity contribution in [1.29, 1.82) is 0 Å². The smallest absolute Gasteiger partial charge is 0.119 e. The Morgan fingerprint density at radius 1 is 1.37 bits per heavy atom. The standard InChI is InChI=1S/C15H24N2O2/c1-3-18-13-8-6-12(7-9-13)14(17-16)15(2)10-4-5-11-19-15/h6-9,14,17H,3-5,10-11,16H2,1-2H3. The van der Waals surface area contributed by atoms with E-state index in [1.807, 2.05) is 19.1 Å². The Morgan fingerprint density at radius 2 is 2.11 bits per heavy atom. The van der Waals surface area contributed by atoms with Gasteiger partial charge in [-0.2, -0.15) is 0 Å². The molecule has 2 atom stereocenters. The van der Waals surface area contributed by atoms with E-state index < -0.39 is 0 Å². The summed E-state index contributed by atoms with van der Waals surface area (Å²) >= 11 is 0. The molecule has 1 aromatic carbocycles. The second-order valence-corrected chi connectivity index (χ2v) is 5.22. The van der Waals surface area contributed by atoms with Gasteiger partial charge in [0.25, 0.3) is 0 Å². The normalized spacial score (nSPS) is 25.0. The molecule has 4 heteroatoms. The third kappa shape index (κ3) is 3.26. The number of hydrogen-bond acceptors (Lipinski definition) is 4. The lowest BCUT2D eigenvalue weighted by Crippen LogP contribution is -2.48. The molecule has 1 aliphatic heterocycles. The van der Waals surface area contributed by atoms with Gasteiger partial charge in [0.2, 0.25) is 0 Å². The number of benzene rings is 1. The summed E-state index contributed by atoms with van der Waals surface area (Å²) in [6.07, 6.45) is 3.34. The lowest BCUT2D eigenvalue weighted by Gasteiger charge is -2.40. The van der Waals surface area contributed by atoms with Gasteiger partial charge in [-0.3, -0.25) is 11.3 Å². The van der Waals surface area contributed by atoms with Crippen LogP contribution >= 0.6 is 0 Å². The summed E-state index contributed by atoms with van der Waals surface area (Å²) in [5, 5.41) is 0. The van der Waals surface area contributed by atoms with Crippen LogP contribution in [0, 0.1) is 0 Å². The van der Waals surface area contributed by atoms with Gasteiger partial charge in [-0.25, -0.2) is 0 Å². The van der Waals surface area contributed by atoms with Crippen LogP contribution in [0.25, 0.3) is 0 Å². The molecular weight excluding hydrogens is 240 g/mol. The van der Waals surface area contributed by atoms with Crippen LogP contribution in [0.2, 0.25) is 0 Å². The first-order valence-electron chi connectivity index (χ1n) is 7.02. The van der Waals surface area contributed by atoms with Crippen molar-refractivity contribution in [2.24, 2.45) is 5.84 Å². The highest BCUT2D eigenvalue weighted by Gasteiger charge is 2.37. The van der Waals surface area contributed by atoms with Crippen molar-refractivity contribution < 1.29 is 9.47 Å². The molecule has 0 saturated carbocycles. The quantitative estimate of drug-likeness (QED) is 0.634. The van der Waals surface area contributed by atoms with Crippen molar-refractivity contribution >= 4 is 0 Å². The predicted molar refractivity (Wildman–Crippen MR) is 75.9 cm³/mol. The van der Waals surface area contributed by atoms with Gasteiger partial charge >= 0.3 is 0 Å². The van der Waals surface area contributed by atoms with Gasteiger partial charge in [0.15, 0.2) is 0 Å². The van der Waals surface area contributed by atoms with Crippen LogP contribution in [0.5, 0.6) is 5.75 Å². The van der Waals surface area contributed by atoms with Gasteiger partial charge in [-0.15, -0.1) is 0 Å². The largest absolute Gasteiger partial charge is 0.494 e. The summed E-state index contributed by atoms with van der Waals surface area (Å²) in [5.74, 6) is 6.64. The molecule has 2 unspecified atom stereocenters. The van der Waals surface area contributed by atoms with E-state index in [2.05, 4.69) is 24.5 Å². The van der Waals surface area contributed by atoms with Crippen molar-refractivity contribution in [1.82, 2.24) is 5.43 Å². The SMILES string of the molecule is CCOc1ccc(C(NN)C2(C)CCCCO2)cc1. The lowest BCUT2D eigenvalue weighted by molar-refractivity contribution is -0.0899. The van der Waals surface area contributed by atoms with Crippen LogP contribution in [0.4, 0.5) is 0 Å². The van der Waals surface area contributed by atoms with Crippen LogP contribution < -0.4 is 16.0 Å². The molecule has 0 aromatic heterocycles. The van der Waals surface area contributed by atoms with E-state index in [1.54, 1.807) is 0 Å². The minimum Gasteiger partial charge on any atom is -0.494 e. The van der Waals surface area contributed by atoms with Crippen LogP contribution in [0.3, 0.4) is 0 Å². The summed E-state index contributed by atoms with van der Waals surface area (Å²) < 4.78 is 11.4. The average molecular weight is 264 g/mol. The van der Waals surface area contributed by atoms with Gasteiger partial charge in [0, 0.05) is 6.61 Å². The third-order valence-electron chi connectivity index (χ3n) is 3.80. The lowest BCUT2D eigenvalue weighted by atomic mass is 9.84. The Balaban J connectivity index is 2.16. The molecule has 1 fully saturated rings. The highest BCUT2D eigenvalue weighted by atomic mass is 16.5. The minimum absolute atomic E-state index is 0.00322. The molecule has 1 aliphatic rings. The van der Waals surface area contributed by atoms with Gasteiger partial charge < -0.3 is 9.47 Å². The van der Waals surface area contributed by atoms with E-state index in [1.165, 1.54) is 6.42 Å². The molecule has 2 rings (SSSR count). The van der Waals surface area contributed by atoms with Crippen molar-refractivity contribution in [3.63, 3.8) is 0 Å². The first-order chi connectivity index (χ1) is 9.19. The van der Waals surface area contributed by atoms with E-state index in [0.29, 0.717) is 6.61 Å². The van der Waals surface area contributed by atoms with Gasteiger partial charge in [-0.05, 0) is 50.8 Å². The van der Waals surface area contributed by atoms with Crippen molar-refractivity contribution in [3.8, 4) is 5.75 Å². The second kappa shape index (κ2) is 6.37. The molecular formula is C15H24N2O2. The van der Waals surface area contributed by atoms with Crippen LogP contribution in [0.1, 0.15) is 44.7 Å². The Hall–Kier alpha value is -1.10. The molecule has 1 saturated heterocycles. The molecule has 1 heterocycles.